The number of benzene rings is 1. The highest BCUT2D eigenvalue weighted by Gasteiger charge is 2.19. The second kappa shape index (κ2) is 6.94. The Kier molecular flexibility index (Phi) is 4.93. The van der Waals surface area contributed by atoms with Gasteiger partial charge in [0, 0.05) is 5.92 Å². The average Bonchev–Trinajstić information content (AvgIpc) is 3.13. The number of nitrogens with one attached hydrogen (secondary N) is 1. The minimum absolute atomic E-state index is 0.0827. The number of rotatable bonds is 5. The number of carbonyl (C=O) groups is 1. The molecule has 1 amide bonds. The second-order valence-corrected chi connectivity index (χ2v) is 8.92. The summed E-state index contributed by atoms with van der Waals surface area (Å²) >= 11 is 4.49. The molecule has 0 spiro atoms. The summed E-state index contributed by atoms with van der Waals surface area (Å²) in [6.45, 7) is 5.98. The Hall–Kier alpha value is -1.51. The van der Waals surface area contributed by atoms with Crippen molar-refractivity contribution in [1.29, 1.82) is 0 Å². The Morgan fingerprint density at radius 1 is 1.17 bits per heavy atom. The minimum Gasteiger partial charge on any atom is -0.300 e. The van der Waals surface area contributed by atoms with Crippen molar-refractivity contribution < 1.29 is 4.79 Å². The van der Waals surface area contributed by atoms with Gasteiger partial charge in [-0.25, -0.2) is 4.98 Å². The van der Waals surface area contributed by atoms with Gasteiger partial charge in [-0.1, -0.05) is 49.1 Å². The monoisotopic (exact) mass is 364 g/mol. The Labute approximate surface area is 146 Å². The van der Waals surface area contributed by atoms with Crippen LogP contribution in [-0.2, 0) is 4.79 Å². The molecule has 1 aromatic carbocycles. The Morgan fingerprint density at radius 2 is 1.96 bits per heavy atom. The molecule has 0 saturated heterocycles. The number of amides is 1. The molecule has 0 aliphatic carbocycles. The van der Waals surface area contributed by atoms with Crippen LogP contribution in [0.5, 0.6) is 0 Å². The van der Waals surface area contributed by atoms with Gasteiger partial charge < -0.3 is 0 Å². The maximum atomic E-state index is 12.3. The van der Waals surface area contributed by atoms with Crippen molar-refractivity contribution in [3.8, 4) is 0 Å². The maximum Gasteiger partial charge on any atom is 0.239 e. The van der Waals surface area contributed by atoms with Crippen molar-refractivity contribution in [1.82, 2.24) is 15.2 Å². The summed E-state index contributed by atoms with van der Waals surface area (Å²) < 4.78 is 2.03. The van der Waals surface area contributed by atoms with Gasteiger partial charge >= 0.3 is 0 Å². The van der Waals surface area contributed by atoms with Gasteiger partial charge in [-0.2, -0.15) is 0 Å². The second-order valence-electron chi connectivity index (χ2n) is 5.30. The van der Waals surface area contributed by atoms with Gasteiger partial charge in [0.15, 0.2) is 4.34 Å². The largest absolute Gasteiger partial charge is 0.300 e. The Balaban J connectivity index is 1.64. The van der Waals surface area contributed by atoms with E-state index in [9.17, 15) is 4.79 Å². The predicted octanol–water partition coefficient (Wildman–Crippen LogP) is 4.39. The zero-order valence-corrected chi connectivity index (χ0v) is 15.4. The van der Waals surface area contributed by atoms with E-state index in [-0.39, 0.29) is 11.2 Å². The summed E-state index contributed by atoms with van der Waals surface area (Å²) in [5.41, 5.74) is 0.971. The molecular formula is C15H16N4OS3. The lowest BCUT2D eigenvalue weighted by atomic mass is 10.2. The summed E-state index contributed by atoms with van der Waals surface area (Å²) in [7, 11) is 0. The third-order valence-corrected chi connectivity index (χ3v) is 6.46. The van der Waals surface area contributed by atoms with Gasteiger partial charge in [0.25, 0.3) is 0 Å². The molecule has 2 aromatic heterocycles. The molecule has 0 aliphatic rings. The lowest BCUT2D eigenvalue weighted by Gasteiger charge is -2.07. The first-order valence-corrected chi connectivity index (χ1v) is 9.70. The highest BCUT2D eigenvalue weighted by atomic mass is 32.2. The quantitative estimate of drug-likeness (QED) is 0.680. The third kappa shape index (κ3) is 3.88. The summed E-state index contributed by atoms with van der Waals surface area (Å²) in [6.07, 6.45) is 0. The van der Waals surface area contributed by atoms with E-state index in [0.29, 0.717) is 11.0 Å². The molecule has 3 aromatic rings. The number of thioether (sulfide) groups is 1. The highest BCUT2D eigenvalue weighted by Crippen LogP contribution is 2.32. The van der Waals surface area contributed by atoms with E-state index in [1.54, 1.807) is 11.3 Å². The molecule has 0 aliphatic heterocycles. The van der Waals surface area contributed by atoms with Crippen LogP contribution in [0.15, 0.2) is 28.6 Å². The first-order chi connectivity index (χ1) is 11.0. The fourth-order valence-corrected chi connectivity index (χ4v) is 4.79. The van der Waals surface area contributed by atoms with Gasteiger partial charge in [-0.15, -0.1) is 21.5 Å². The molecule has 8 heteroatoms. The summed E-state index contributed by atoms with van der Waals surface area (Å²) in [5.74, 6) is 0.230. The van der Waals surface area contributed by atoms with Crippen molar-refractivity contribution in [2.75, 3.05) is 5.32 Å². The lowest BCUT2D eigenvalue weighted by molar-refractivity contribution is -0.115. The number of nitrogens with zero attached hydrogens (tertiary/aromatic N) is 3. The molecule has 5 nitrogen and oxygen atoms in total. The van der Waals surface area contributed by atoms with E-state index >= 15 is 0 Å². The molecular weight excluding hydrogens is 348 g/mol. The highest BCUT2D eigenvalue weighted by molar-refractivity contribution is 8.02. The number of carbonyl (C=O) groups excluding carboxylic acids is 1. The molecule has 2 heterocycles. The van der Waals surface area contributed by atoms with Crippen molar-refractivity contribution >= 4 is 55.7 Å². The number of para-hydroxylation sites is 1. The Morgan fingerprint density at radius 3 is 2.65 bits per heavy atom. The Bertz CT molecular complexity index is 794. The zero-order chi connectivity index (χ0) is 16.4. The van der Waals surface area contributed by atoms with Crippen LogP contribution in [0.3, 0.4) is 0 Å². The van der Waals surface area contributed by atoms with Crippen LogP contribution in [0.1, 0.15) is 31.7 Å². The number of aromatic nitrogens is 3. The number of hydrogen-bond donors (Lipinski definition) is 1. The molecule has 0 unspecified atom stereocenters. The number of thiazole rings is 1. The topological polar surface area (TPSA) is 67.8 Å². The van der Waals surface area contributed by atoms with Crippen LogP contribution >= 0.6 is 34.4 Å². The number of fused-ring (bicyclic) bond motifs is 1. The van der Waals surface area contributed by atoms with Crippen molar-refractivity contribution in [2.24, 2.45) is 0 Å². The van der Waals surface area contributed by atoms with Gasteiger partial charge in [0.2, 0.25) is 11.0 Å². The third-order valence-electron chi connectivity index (χ3n) is 3.09. The first-order valence-electron chi connectivity index (χ1n) is 7.19. The zero-order valence-electron chi connectivity index (χ0n) is 12.9. The smallest absolute Gasteiger partial charge is 0.239 e. The summed E-state index contributed by atoms with van der Waals surface area (Å²) in [4.78, 5) is 16.8. The molecule has 1 N–H and O–H groups in total. The SMILES string of the molecule is CC(C)c1nnc(NC(=O)[C@H](C)Sc2nc3ccccc3s2)s1. The summed E-state index contributed by atoms with van der Waals surface area (Å²) in [6, 6.07) is 7.98. The maximum absolute atomic E-state index is 12.3. The van der Waals surface area contributed by atoms with Gasteiger partial charge in [-0.3, -0.25) is 10.1 Å². The van der Waals surface area contributed by atoms with E-state index in [2.05, 4.69) is 34.3 Å². The van der Waals surface area contributed by atoms with Gasteiger partial charge in [-0.05, 0) is 19.1 Å². The van der Waals surface area contributed by atoms with Gasteiger partial charge in [0.05, 0.1) is 15.5 Å². The predicted molar refractivity (Wildman–Crippen MR) is 97.6 cm³/mol. The van der Waals surface area contributed by atoms with E-state index < -0.39 is 0 Å². The molecule has 0 radical (unpaired) electrons. The van der Waals surface area contributed by atoms with Crippen LogP contribution in [-0.4, -0.2) is 26.3 Å². The molecule has 0 fully saturated rings. The normalized spacial score (nSPS) is 12.7. The standard InChI is InChI=1S/C15H16N4OS3/c1-8(2)13-18-19-14(23-13)17-12(20)9(3)21-15-16-10-6-4-5-7-11(10)22-15/h4-9H,1-3H3,(H,17,19,20)/t9-/m0/s1. The number of anilines is 1. The van der Waals surface area contributed by atoms with Crippen LogP contribution in [0.2, 0.25) is 0 Å². The van der Waals surface area contributed by atoms with Crippen LogP contribution in [0.4, 0.5) is 5.13 Å². The van der Waals surface area contributed by atoms with Crippen LogP contribution in [0, 0.1) is 0 Å². The first kappa shape index (κ1) is 16.4. The van der Waals surface area contributed by atoms with Gasteiger partial charge in [0.1, 0.15) is 5.01 Å². The lowest BCUT2D eigenvalue weighted by Crippen LogP contribution is -2.22. The molecule has 0 saturated carbocycles. The van der Waals surface area contributed by atoms with E-state index in [1.807, 2.05) is 31.2 Å². The van der Waals surface area contributed by atoms with Crippen LogP contribution < -0.4 is 5.32 Å². The average molecular weight is 365 g/mol. The van der Waals surface area contributed by atoms with Crippen LogP contribution in [0.25, 0.3) is 10.2 Å². The molecule has 120 valence electrons. The number of hydrogen-bond acceptors (Lipinski definition) is 7. The van der Waals surface area contributed by atoms with E-state index in [4.69, 9.17) is 0 Å². The molecule has 3 rings (SSSR count). The van der Waals surface area contributed by atoms with E-state index in [1.165, 1.54) is 23.1 Å². The van der Waals surface area contributed by atoms with E-state index in [0.717, 1.165) is 19.6 Å². The summed E-state index contributed by atoms with van der Waals surface area (Å²) in [5, 5.41) is 12.2. The fraction of sp³-hybridized carbons (Fsp3) is 0.333. The van der Waals surface area contributed by atoms with Crippen molar-refractivity contribution in [2.45, 2.75) is 36.3 Å². The minimum atomic E-state index is -0.248. The fourth-order valence-electron chi connectivity index (χ4n) is 1.83. The van der Waals surface area contributed by atoms with Crippen molar-refractivity contribution in [3.63, 3.8) is 0 Å². The molecule has 0 bridgehead atoms. The molecule has 23 heavy (non-hydrogen) atoms. The molecule has 1 atom stereocenters. The van der Waals surface area contributed by atoms with Crippen molar-refractivity contribution in [3.05, 3.63) is 29.3 Å².